The number of fused-ring (bicyclic) bond motifs is 1. The van der Waals surface area contributed by atoms with Crippen molar-refractivity contribution < 1.29 is 4.74 Å². The first kappa shape index (κ1) is 17.5. The fourth-order valence-electron chi connectivity index (χ4n) is 3.88. The van der Waals surface area contributed by atoms with E-state index < -0.39 is 0 Å². The number of para-hydroxylation sites is 1. The SMILES string of the molecule is COc1cccc2c(N3CCN(c4cc(C)nc(C)n4)CC3)c(C)cnc12. The number of methoxy groups -OCH3 is 1. The van der Waals surface area contributed by atoms with Crippen LogP contribution in [0.25, 0.3) is 10.9 Å². The molecular formula is C21H25N5O. The Morgan fingerprint density at radius 1 is 0.963 bits per heavy atom. The zero-order valence-electron chi connectivity index (χ0n) is 16.4. The van der Waals surface area contributed by atoms with Gasteiger partial charge in [0.15, 0.2) is 0 Å². The second-order valence-electron chi connectivity index (χ2n) is 7.04. The minimum Gasteiger partial charge on any atom is -0.494 e. The first-order valence-electron chi connectivity index (χ1n) is 9.31. The molecule has 1 aliphatic rings. The molecule has 6 heteroatoms. The van der Waals surface area contributed by atoms with Crippen LogP contribution in [-0.4, -0.2) is 48.2 Å². The summed E-state index contributed by atoms with van der Waals surface area (Å²) in [4.78, 5) is 18.4. The van der Waals surface area contributed by atoms with E-state index >= 15 is 0 Å². The van der Waals surface area contributed by atoms with Crippen LogP contribution in [-0.2, 0) is 0 Å². The molecule has 0 bridgehead atoms. The molecule has 4 rings (SSSR count). The molecule has 0 amide bonds. The van der Waals surface area contributed by atoms with E-state index in [-0.39, 0.29) is 0 Å². The molecule has 0 spiro atoms. The Morgan fingerprint density at radius 3 is 2.41 bits per heavy atom. The zero-order chi connectivity index (χ0) is 19.0. The van der Waals surface area contributed by atoms with E-state index in [1.807, 2.05) is 32.2 Å². The van der Waals surface area contributed by atoms with Crippen molar-refractivity contribution in [1.29, 1.82) is 0 Å². The molecule has 2 aromatic heterocycles. The molecule has 0 N–H and O–H groups in total. The second kappa shape index (κ2) is 7.02. The van der Waals surface area contributed by atoms with E-state index in [1.165, 1.54) is 11.3 Å². The van der Waals surface area contributed by atoms with E-state index in [4.69, 9.17) is 4.74 Å². The van der Waals surface area contributed by atoms with Gasteiger partial charge in [-0.2, -0.15) is 0 Å². The van der Waals surface area contributed by atoms with Crippen LogP contribution in [0.5, 0.6) is 5.75 Å². The van der Waals surface area contributed by atoms with Gasteiger partial charge in [0.2, 0.25) is 0 Å². The number of hydrogen-bond donors (Lipinski definition) is 0. The zero-order valence-corrected chi connectivity index (χ0v) is 16.4. The summed E-state index contributed by atoms with van der Waals surface area (Å²) in [6, 6.07) is 8.21. The Morgan fingerprint density at radius 2 is 1.70 bits per heavy atom. The number of ether oxygens (including phenoxy) is 1. The Kier molecular flexibility index (Phi) is 4.56. The van der Waals surface area contributed by atoms with Crippen molar-refractivity contribution in [3.8, 4) is 5.75 Å². The molecule has 0 atom stereocenters. The summed E-state index contributed by atoms with van der Waals surface area (Å²) in [6.07, 6.45) is 1.95. The molecule has 3 heterocycles. The predicted octanol–water partition coefficient (Wildman–Crippen LogP) is 3.29. The lowest BCUT2D eigenvalue weighted by atomic mass is 10.1. The lowest BCUT2D eigenvalue weighted by Crippen LogP contribution is -2.47. The van der Waals surface area contributed by atoms with E-state index in [0.29, 0.717) is 0 Å². The Bertz CT molecular complexity index is 959. The van der Waals surface area contributed by atoms with Crippen LogP contribution in [0.1, 0.15) is 17.1 Å². The maximum absolute atomic E-state index is 5.50. The largest absolute Gasteiger partial charge is 0.494 e. The van der Waals surface area contributed by atoms with Crippen LogP contribution in [0, 0.1) is 20.8 Å². The molecule has 1 aliphatic heterocycles. The van der Waals surface area contributed by atoms with Gasteiger partial charge < -0.3 is 14.5 Å². The van der Waals surface area contributed by atoms with E-state index in [2.05, 4.69) is 43.8 Å². The molecule has 0 aliphatic carbocycles. The summed E-state index contributed by atoms with van der Waals surface area (Å²) in [7, 11) is 1.69. The van der Waals surface area contributed by atoms with Crippen molar-refractivity contribution in [1.82, 2.24) is 15.0 Å². The number of benzene rings is 1. The minimum atomic E-state index is 0.819. The third-order valence-corrected chi connectivity index (χ3v) is 5.11. The fraction of sp³-hybridized carbons (Fsp3) is 0.381. The van der Waals surface area contributed by atoms with Crippen molar-refractivity contribution in [3.05, 3.63) is 47.5 Å². The minimum absolute atomic E-state index is 0.819. The van der Waals surface area contributed by atoms with Gasteiger partial charge in [0.25, 0.3) is 0 Å². The molecule has 3 aromatic rings. The monoisotopic (exact) mass is 363 g/mol. The molecule has 1 aromatic carbocycles. The van der Waals surface area contributed by atoms with Crippen molar-refractivity contribution in [3.63, 3.8) is 0 Å². The topological polar surface area (TPSA) is 54.4 Å². The molecular weight excluding hydrogens is 338 g/mol. The van der Waals surface area contributed by atoms with E-state index in [1.54, 1.807) is 7.11 Å². The van der Waals surface area contributed by atoms with E-state index in [9.17, 15) is 0 Å². The van der Waals surface area contributed by atoms with Gasteiger partial charge in [-0.1, -0.05) is 12.1 Å². The Balaban J connectivity index is 1.62. The number of rotatable bonds is 3. The molecule has 0 radical (unpaired) electrons. The van der Waals surface area contributed by atoms with Crippen LogP contribution < -0.4 is 14.5 Å². The van der Waals surface area contributed by atoms with Crippen molar-refractivity contribution >= 4 is 22.4 Å². The highest BCUT2D eigenvalue weighted by atomic mass is 16.5. The van der Waals surface area contributed by atoms with Gasteiger partial charge >= 0.3 is 0 Å². The highest BCUT2D eigenvalue weighted by Crippen LogP contribution is 2.34. The summed E-state index contributed by atoms with van der Waals surface area (Å²) in [5.41, 5.74) is 4.39. The third kappa shape index (κ3) is 3.27. The number of aromatic nitrogens is 3. The van der Waals surface area contributed by atoms with Gasteiger partial charge in [-0.05, 0) is 32.4 Å². The normalized spacial score (nSPS) is 14.7. The molecule has 140 valence electrons. The van der Waals surface area contributed by atoms with Gasteiger partial charge in [0, 0.05) is 49.5 Å². The third-order valence-electron chi connectivity index (χ3n) is 5.11. The molecule has 6 nitrogen and oxygen atoms in total. The molecule has 0 saturated carbocycles. The predicted molar refractivity (Wildman–Crippen MR) is 109 cm³/mol. The number of anilines is 2. The van der Waals surface area contributed by atoms with Crippen molar-refractivity contribution in [2.75, 3.05) is 43.1 Å². The summed E-state index contributed by atoms with van der Waals surface area (Å²) in [5.74, 6) is 2.67. The smallest absolute Gasteiger partial charge is 0.145 e. The molecule has 1 saturated heterocycles. The summed E-state index contributed by atoms with van der Waals surface area (Å²) in [5, 5.41) is 1.15. The van der Waals surface area contributed by atoms with Gasteiger partial charge in [-0.15, -0.1) is 0 Å². The summed E-state index contributed by atoms with van der Waals surface area (Å²) in [6.45, 7) is 9.86. The highest BCUT2D eigenvalue weighted by molar-refractivity contribution is 5.96. The van der Waals surface area contributed by atoms with Crippen molar-refractivity contribution in [2.24, 2.45) is 0 Å². The van der Waals surface area contributed by atoms with Gasteiger partial charge in [0.05, 0.1) is 12.8 Å². The van der Waals surface area contributed by atoms with Crippen LogP contribution in [0.3, 0.4) is 0 Å². The quantitative estimate of drug-likeness (QED) is 0.712. The maximum Gasteiger partial charge on any atom is 0.145 e. The van der Waals surface area contributed by atoms with Gasteiger partial charge in [-0.25, -0.2) is 9.97 Å². The van der Waals surface area contributed by atoms with Crippen LogP contribution in [0.15, 0.2) is 30.5 Å². The van der Waals surface area contributed by atoms with Crippen LogP contribution in [0.4, 0.5) is 11.5 Å². The lowest BCUT2D eigenvalue weighted by molar-refractivity contribution is 0.419. The van der Waals surface area contributed by atoms with E-state index in [0.717, 1.165) is 60.2 Å². The number of pyridine rings is 1. The lowest BCUT2D eigenvalue weighted by Gasteiger charge is -2.38. The summed E-state index contributed by atoms with van der Waals surface area (Å²) >= 11 is 0. The average molecular weight is 363 g/mol. The molecule has 1 fully saturated rings. The second-order valence-corrected chi connectivity index (χ2v) is 7.04. The maximum atomic E-state index is 5.50. The highest BCUT2D eigenvalue weighted by Gasteiger charge is 2.22. The van der Waals surface area contributed by atoms with Crippen LogP contribution in [0.2, 0.25) is 0 Å². The first-order valence-corrected chi connectivity index (χ1v) is 9.31. The molecule has 0 unspecified atom stereocenters. The van der Waals surface area contributed by atoms with Gasteiger partial charge in [-0.3, -0.25) is 4.98 Å². The number of piperazine rings is 1. The fourth-order valence-corrected chi connectivity index (χ4v) is 3.88. The average Bonchev–Trinajstić information content (AvgIpc) is 2.66. The number of aryl methyl sites for hydroxylation is 3. The van der Waals surface area contributed by atoms with Crippen LogP contribution >= 0.6 is 0 Å². The Labute approximate surface area is 159 Å². The van der Waals surface area contributed by atoms with Gasteiger partial charge in [0.1, 0.15) is 22.9 Å². The standard InChI is InChI=1S/C21H25N5O/c1-14-13-22-20-17(6-5-7-18(20)27-4)21(14)26-10-8-25(9-11-26)19-12-15(2)23-16(3)24-19/h5-7,12-13H,8-11H2,1-4H3. The number of nitrogens with zero attached hydrogens (tertiary/aromatic N) is 5. The Hall–Kier alpha value is -2.89. The summed E-state index contributed by atoms with van der Waals surface area (Å²) < 4.78 is 5.50. The van der Waals surface area contributed by atoms with Crippen molar-refractivity contribution in [2.45, 2.75) is 20.8 Å². The first-order chi connectivity index (χ1) is 13.1. The number of hydrogen-bond acceptors (Lipinski definition) is 6. The molecule has 27 heavy (non-hydrogen) atoms.